The molecule has 1 N–H and O–H groups in total. The van der Waals surface area contributed by atoms with Gasteiger partial charge >= 0.3 is 12.1 Å². The van der Waals surface area contributed by atoms with E-state index in [0.29, 0.717) is 5.82 Å². The van der Waals surface area contributed by atoms with Gasteiger partial charge in [0, 0.05) is 20.6 Å². The van der Waals surface area contributed by atoms with Crippen LogP contribution in [0.5, 0.6) is 0 Å². The zero-order valence-corrected chi connectivity index (χ0v) is 20.4. The SMILES string of the molecule is CN1C(=C(C#N)C(=O)COC(=O)c2ccc(CNC(=O)OC(C)(C)C)cc2)N(C)c2ccccc21. The van der Waals surface area contributed by atoms with E-state index in [0.717, 1.165) is 16.9 Å². The minimum absolute atomic E-state index is 0.0948. The van der Waals surface area contributed by atoms with Gasteiger partial charge in [-0.2, -0.15) is 5.26 Å². The summed E-state index contributed by atoms with van der Waals surface area (Å²) in [5.74, 6) is -0.860. The second kappa shape index (κ2) is 10.3. The molecule has 0 saturated heterocycles. The molecule has 0 aliphatic carbocycles. The van der Waals surface area contributed by atoms with Crippen LogP contribution in [0.25, 0.3) is 0 Å². The number of anilines is 2. The van der Waals surface area contributed by atoms with Gasteiger partial charge in [0.15, 0.2) is 6.61 Å². The highest BCUT2D eigenvalue weighted by Crippen LogP contribution is 2.40. The maximum Gasteiger partial charge on any atom is 0.407 e. The summed E-state index contributed by atoms with van der Waals surface area (Å²) in [4.78, 5) is 40.5. The molecule has 0 atom stereocenters. The number of ketones is 1. The van der Waals surface area contributed by atoms with E-state index in [1.165, 1.54) is 12.1 Å². The Balaban J connectivity index is 1.60. The van der Waals surface area contributed by atoms with Crippen molar-refractivity contribution < 1.29 is 23.9 Å². The van der Waals surface area contributed by atoms with E-state index in [4.69, 9.17) is 9.47 Å². The second-order valence-corrected chi connectivity index (χ2v) is 8.97. The van der Waals surface area contributed by atoms with E-state index in [1.54, 1.807) is 56.8 Å². The van der Waals surface area contributed by atoms with Crippen LogP contribution in [-0.2, 0) is 20.8 Å². The number of fused-ring (bicyclic) bond motifs is 1. The van der Waals surface area contributed by atoms with Crippen LogP contribution in [0.2, 0.25) is 0 Å². The topological polar surface area (TPSA) is 112 Å². The van der Waals surface area contributed by atoms with Gasteiger partial charge in [0.2, 0.25) is 5.78 Å². The minimum Gasteiger partial charge on any atom is -0.454 e. The molecule has 0 aromatic heterocycles. The molecule has 0 bridgehead atoms. The fourth-order valence-electron chi connectivity index (χ4n) is 3.59. The summed E-state index contributed by atoms with van der Waals surface area (Å²) in [5, 5.41) is 12.3. The van der Waals surface area contributed by atoms with Gasteiger partial charge in [-0.15, -0.1) is 0 Å². The van der Waals surface area contributed by atoms with Crippen LogP contribution in [0.4, 0.5) is 16.2 Å². The Morgan fingerprint density at radius 3 is 2.06 bits per heavy atom. The number of rotatable bonds is 6. The lowest BCUT2D eigenvalue weighted by molar-refractivity contribution is -0.118. The number of hydrogen-bond acceptors (Lipinski definition) is 8. The first-order valence-corrected chi connectivity index (χ1v) is 11.0. The number of nitrogens with one attached hydrogen (secondary N) is 1. The van der Waals surface area contributed by atoms with Crippen LogP contribution < -0.4 is 15.1 Å². The lowest BCUT2D eigenvalue weighted by Crippen LogP contribution is -2.32. The minimum atomic E-state index is -0.691. The third kappa shape index (κ3) is 5.98. The fraction of sp³-hybridized carbons (Fsp3) is 0.308. The molecular formula is C26H28N4O5. The maximum absolute atomic E-state index is 12.8. The van der Waals surface area contributed by atoms with Crippen LogP contribution in [0.15, 0.2) is 59.9 Å². The first-order chi connectivity index (χ1) is 16.5. The Bertz CT molecular complexity index is 1170. The summed E-state index contributed by atoms with van der Waals surface area (Å²) >= 11 is 0. The van der Waals surface area contributed by atoms with Gasteiger partial charge in [0.1, 0.15) is 23.1 Å². The van der Waals surface area contributed by atoms with Crippen LogP contribution in [-0.4, -0.2) is 44.1 Å². The average molecular weight is 477 g/mol. The van der Waals surface area contributed by atoms with E-state index in [1.807, 2.05) is 30.3 Å². The third-order valence-electron chi connectivity index (χ3n) is 5.21. The predicted molar refractivity (Wildman–Crippen MR) is 131 cm³/mol. The fourth-order valence-corrected chi connectivity index (χ4v) is 3.59. The summed E-state index contributed by atoms with van der Waals surface area (Å²) < 4.78 is 10.4. The van der Waals surface area contributed by atoms with Crippen molar-refractivity contribution in [1.29, 1.82) is 5.26 Å². The molecule has 182 valence electrons. The van der Waals surface area contributed by atoms with Crippen LogP contribution in [0.3, 0.4) is 0 Å². The summed E-state index contributed by atoms with van der Waals surface area (Å²) in [5.41, 5.74) is 2.04. The molecule has 0 fully saturated rings. The standard InChI is InChI=1S/C26H28N4O5/c1-26(2,3)35-25(33)28-15-17-10-12-18(13-11-17)24(32)34-16-22(31)19(14-27)23-29(4)20-8-6-7-9-21(20)30(23)5/h6-13H,15-16H2,1-5H3,(H,28,33). The van der Waals surface area contributed by atoms with Crippen LogP contribution >= 0.6 is 0 Å². The number of ether oxygens (including phenoxy) is 2. The number of hydrogen-bond donors (Lipinski definition) is 1. The van der Waals surface area contributed by atoms with Gasteiger partial charge in [-0.1, -0.05) is 24.3 Å². The van der Waals surface area contributed by atoms with Gasteiger partial charge in [0.05, 0.1) is 16.9 Å². The van der Waals surface area contributed by atoms with Crippen LogP contribution in [0.1, 0.15) is 36.7 Å². The number of benzene rings is 2. The number of Topliss-reactive ketones (excluding diaryl/α,β-unsaturated/α-hetero) is 1. The van der Waals surface area contributed by atoms with Crippen molar-refractivity contribution in [3.05, 3.63) is 71.1 Å². The number of amides is 1. The van der Waals surface area contributed by atoms with Crippen molar-refractivity contribution in [2.75, 3.05) is 30.5 Å². The first-order valence-electron chi connectivity index (χ1n) is 11.0. The van der Waals surface area contributed by atoms with Crippen molar-refractivity contribution in [3.63, 3.8) is 0 Å². The number of carbonyl (C=O) groups is 3. The molecule has 2 aromatic carbocycles. The third-order valence-corrected chi connectivity index (χ3v) is 5.21. The number of nitrogens with zero attached hydrogens (tertiary/aromatic N) is 3. The Morgan fingerprint density at radius 1 is 0.971 bits per heavy atom. The maximum atomic E-state index is 12.8. The largest absolute Gasteiger partial charge is 0.454 e. The lowest BCUT2D eigenvalue weighted by Gasteiger charge is -2.20. The number of esters is 1. The number of para-hydroxylation sites is 2. The Hall–Kier alpha value is -4.32. The van der Waals surface area contributed by atoms with E-state index < -0.39 is 30.1 Å². The lowest BCUT2D eigenvalue weighted by atomic mass is 10.1. The van der Waals surface area contributed by atoms with Gasteiger partial charge in [0.25, 0.3) is 0 Å². The van der Waals surface area contributed by atoms with E-state index >= 15 is 0 Å². The molecule has 2 aromatic rings. The van der Waals surface area contributed by atoms with E-state index in [-0.39, 0.29) is 17.7 Å². The van der Waals surface area contributed by atoms with Crippen molar-refractivity contribution in [2.45, 2.75) is 32.9 Å². The quantitative estimate of drug-likeness (QED) is 0.381. The zero-order valence-electron chi connectivity index (χ0n) is 20.4. The summed E-state index contributed by atoms with van der Waals surface area (Å²) in [6.07, 6.45) is -0.538. The van der Waals surface area contributed by atoms with Crippen molar-refractivity contribution in [2.24, 2.45) is 0 Å². The van der Waals surface area contributed by atoms with E-state index in [2.05, 4.69) is 5.32 Å². The molecular weight excluding hydrogens is 448 g/mol. The highest BCUT2D eigenvalue weighted by molar-refractivity contribution is 6.04. The molecule has 1 aliphatic rings. The van der Waals surface area contributed by atoms with Crippen LogP contribution in [0, 0.1) is 11.3 Å². The summed E-state index contributed by atoms with van der Waals surface area (Å²) in [7, 11) is 3.54. The number of alkyl carbamates (subject to hydrolysis) is 1. The zero-order chi connectivity index (χ0) is 25.8. The predicted octanol–water partition coefficient (Wildman–Crippen LogP) is 3.76. The highest BCUT2D eigenvalue weighted by atomic mass is 16.6. The molecule has 0 unspecified atom stereocenters. The Morgan fingerprint density at radius 2 is 1.54 bits per heavy atom. The molecule has 1 amide bonds. The van der Waals surface area contributed by atoms with Gasteiger partial charge < -0.3 is 24.6 Å². The number of carbonyl (C=O) groups excluding carboxylic acids is 3. The van der Waals surface area contributed by atoms with Crippen molar-refractivity contribution >= 4 is 29.2 Å². The molecule has 3 rings (SSSR count). The second-order valence-electron chi connectivity index (χ2n) is 8.97. The molecule has 35 heavy (non-hydrogen) atoms. The average Bonchev–Trinajstić information content (AvgIpc) is 3.06. The molecule has 0 saturated carbocycles. The molecule has 0 radical (unpaired) electrons. The van der Waals surface area contributed by atoms with Crippen molar-refractivity contribution in [1.82, 2.24) is 5.32 Å². The number of nitriles is 1. The molecule has 9 heteroatoms. The molecule has 9 nitrogen and oxygen atoms in total. The monoisotopic (exact) mass is 476 g/mol. The first kappa shape index (κ1) is 25.3. The van der Waals surface area contributed by atoms with Gasteiger partial charge in [-0.05, 0) is 50.6 Å². The molecule has 1 aliphatic heterocycles. The molecule has 0 spiro atoms. The Kier molecular flexibility index (Phi) is 7.45. The van der Waals surface area contributed by atoms with Gasteiger partial charge in [-0.3, -0.25) is 4.79 Å². The molecule has 1 heterocycles. The van der Waals surface area contributed by atoms with E-state index in [9.17, 15) is 19.6 Å². The highest BCUT2D eigenvalue weighted by Gasteiger charge is 2.31. The normalized spacial score (nSPS) is 12.5. The van der Waals surface area contributed by atoms with Gasteiger partial charge in [-0.25, -0.2) is 9.59 Å². The summed E-state index contributed by atoms with van der Waals surface area (Å²) in [6, 6.07) is 15.9. The summed E-state index contributed by atoms with van der Waals surface area (Å²) in [6.45, 7) is 4.99. The Labute approximate surface area is 204 Å². The van der Waals surface area contributed by atoms with Crippen molar-refractivity contribution in [3.8, 4) is 6.07 Å². The smallest absolute Gasteiger partial charge is 0.407 e.